The number of nitrogens with zero attached hydrogens (tertiary/aromatic N) is 1. The molecule has 1 fully saturated rings. The number of hydrogen-bond donors (Lipinski definition) is 1. The van der Waals surface area contributed by atoms with Gasteiger partial charge < -0.3 is 14.8 Å². The molecule has 2 aromatic carbocycles. The summed E-state index contributed by atoms with van der Waals surface area (Å²) in [4.78, 5) is 12.1. The maximum atomic E-state index is 12.6. The molecule has 0 spiro atoms. The van der Waals surface area contributed by atoms with E-state index in [1.165, 1.54) is 4.31 Å². The number of benzene rings is 2. The normalized spacial score (nSPS) is 15.3. The minimum atomic E-state index is -3.50. The molecule has 0 atom stereocenters. The predicted octanol–water partition coefficient (Wildman–Crippen LogP) is 1.54. The molecule has 0 aliphatic carbocycles. The number of nitrogens with one attached hydrogen (secondary N) is 1. The molecule has 0 saturated carbocycles. The Kier molecular flexibility index (Phi) is 7.16. The fourth-order valence-corrected chi connectivity index (χ4v) is 4.21. The number of carbonyl (C=O) groups is 1. The van der Waals surface area contributed by atoms with Crippen molar-refractivity contribution in [3.63, 3.8) is 0 Å². The monoisotopic (exact) mass is 404 g/mol. The van der Waals surface area contributed by atoms with Gasteiger partial charge in [-0.25, -0.2) is 8.42 Å². The van der Waals surface area contributed by atoms with Crippen LogP contribution in [0.2, 0.25) is 0 Å². The zero-order valence-electron chi connectivity index (χ0n) is 15.5. The summed E-state index contributed by atoms with van der Waals surface area (Å²) in [5.41, 5.74) is 1.82. The topological polar surface area (TPSA) is 84.9 Å². The summed E-state index contributed by atoms with van der Waals surface area (Å²) in [6.45, 7) is 2.21. The first-order valence-electron chi connectivity index (χ1n) is 9.11. The van der Waals surface area contributed by atoms with Crippen LogP contribution in [-0.4, -0.2) is 51.5 Å². The van der Waals surface area contributed by atoms with Crippen molar-refractivity contribution in [1.82, 2.24) is 9.62 Å². The lowest BCUT2D eigenvalue weighted by atomic mass is 10.2. The molecule has 3 rings (SSSR count). The van der Waals surface area contributed by atoms with Gasteiger partial charge in [-0.15, -0.1) is 0 Å². The third kappa shape index (κ3) is 5.62. The van der Waals surface area contributed by atoms with E-state index in [1.807, 2.05) is 30.3 Å². The van der Waals surface area contributed by atoms with E-state index < -0.39 is 10.0 Å². The molecule has 1 aliphatic heterocycles. The standard InChI is InChI=1S/C20H24N2O5S/c23-20(16-27-15-18-4-2-1-3-5-18)21-14-17-6-8-19(9-7-17)28(24,25)22-10-12-26-13-11-22/h1-9H,10-16H2,(H,21,23). The summed E-state index contributed by atoms with van der Waals surface area (Å²) < 4.78 is 37.2. The molecule has 150 valence electrons. The highest BCUT2D eigenvalue weighted by atomic mass is 32.2. The Morgan fingerprint density at radius 3 is 2.36 bits per heavy atom. The molecule has 28 heavy (non-hydrogen) atoms. The Balaban J connectivity index is 1.45. The van der Waals surface area contributed by atoms with Crippen molar-refractivity contribution in [1.29, 1.82) is 0 Å². The van der Waals surface area contributed by atoms with Crippen molar-refractivity contribution in [2.24, 2.45) is 0 Å². The molecule has 1 aliphatic rings. The lowest BCUT2D eigenvalue weighted by Crippen LogP contribution is -2.40. The minimum Gasteiger partial charge on any atom is -0.379 e. The van der Waals surface area contributed by atoms with Crippen LogP contribution in [0.15, 0.2) is 59.5 Å². The van der Waals surface area contributed by atoms with E-state index in [2.05, 4.69) is 5.32 Å². The number of hydrogen-bond acceptors (Lipinski definition) is 5. The van der Waals surface area contributed by atoms with Crippen LogP contribution >= 0.6 is 0 Å². The molecule has 8 heteroatoms. The van der Waals surface area contributed by atoms with E-state index in [0.717, 1.165) is 11.1 Å². The Morgan fingerprint density at radius 2 is 1.68 bits per heavy atom. The van der Waals surface area contributed by atoms with Gasteiger partial charge in [0.1, 0.15) is 6.61 Å². The van der Waals surface area contributed by atoms with Crippen LogP contribution in [0.1, 0.15) is 11.1 Å². The molecule has 1 amide bonds. The van der Waals surface area contributed by atoms with Gasteiger partial charge in [0.15, 0.2) is 0 Å². The van der Waals surface area contributed by atoms with E-state index in [4.69, 9.17) is 9.47 Å². The fraction of sp³-hybridized carbons (Fsp3) is 0.350. The average molecular weight is 404 g/mol. The van der Waals surface area contributed by atoms with Crippen LogP contribution in [0.5, 0.6) is 0 Å². The second kappa shape index (κ2) is 9.79. The molecule has 0 unspecified atom stereocenters. The average Bonchev–Trinajstić information content (AvgIpc) is 2.74. The molecule has 2 aromatic rings. The maximum Gasteiger partial charge on any atom is 0.246 e. The maximum absolute atomic E-state index is 12.6. The fourth-order valence-electron chi connectivity index (χ4n) is 2.80. The third-order valence-corrected chi connectivity index (χ3v) is 6.28. The van der Waals surface area contributed by atoms with Crippen LogP contribution in [0.25, 0.3) is 0 Å². The largest absolute Gasteiger partial charge is 0.379 e. The molecule has 0 radical (unpaired) electrons. The van der Waals surface area contributed by atoms with Crippen molar-refractivity contribution in [2.75, 3.05) is 32.9 Å². The molecule has 1 saturated heterocycles. The zero-order chi connectivity index (χ0) is 19.8. The summed E-state index contributed by atoms with van der Waals surface area (Å²) in [6.07, 6.45) is 0. The molecule has 1 heterocycles. The number of sulfonamides is 1. The molecule has 1 N–H and O–H groups in total. The molecule has 0 aromatic heterocycles. The van der Waals surface area contributed by atoms with Gasteiger partial charge in [-0.2, -0.15) is 4.31 Å². The van der Waals surface area contributed by atoms with Crippen molar-refractivity contribution < 1.29 is 22.7 Å². The van der Waals surface area contributed by atoms with Gasteiger partial charge in [0.25, 0.3) is 0 Å². The van der Waals surface area contributed by atoms with E-state index in [9.17, 15) is 13.2 Å². The Bertz CT molecular complexity index is 863. The predicted molar refractivity (Wildman–Crippen MR) is 104 cm³/mol. The van der Waals surface area contributed by atoms with Gasteiger partial charge in [-0.05, 0) is 23.3 Å². The van der Waals surface area contributed by atoms with Gasteiger partial charge in [-0.1, -0.05) is 42.5 Å². The summed E-state index contributed by atoms with van der Waals surface area (Å²) in [6, 6.07) is 16.2. The van der Waals surface area contributed by atoms with Crippen LogP contribution in [0.3, 0.4) is 0 Å². The SMILES string of the molecule is O=C(COCc1ccccc1)NCc1ccc(S(=O)(=O)N2CCOCC2)cc1. The van der Waals surface area contributed by atoms with Gasteiger partial charge in [0.2, 0.25) is 15.9 Å². The van der Waals surface area contributed by atoms with Crippen molar-refractivity contribution in [3.8, 4) is 0 Å². The van der Waals surface area contributed by atoms with E-state index in [1.54, 1.807) is 24.3 Å². The van der Waals surface area contributed by atoms with Gasteiger partial charge in [0.05, 0.1) is 24.7 Å². The smallest absolute Gasteiger partial charge is 0.246 e. The highest BCUT2D eigenvalue weighted by Crippen LogP contribution is 2.17. The summed E-state index contributed by atoms with van der Waals surface area (Å²) in [7, 11) is -3.50. The van der Waals surface area contributed by atoms with E-state index >= 15 is 0 Å². The zero-order valence-corrected chi connectivity index (χ0v) is 16.4. The number of amides is 1. The second-order valence-electron chi connectivity index (χ2n) is 6.42. The van der Waals surface area contributed by atoms with Crippen LogP contribution in [0, 0.1) is 0 Å². The first-order valence-corrected chi connectivity index (χ1v) is 10.5. The molecular formula is C20H24N2O5S. The Morgan fingerprint density at radius 1 is 1.00 bits per heavy atom. The number of rotatable bonds is 8. The first kappa shape index (κ1) is 20.5. The van der Waals surface area contributed by atoms with Crippen molar-refractivity contribution in [2.45, 2.75) is 18.0 Å². The number of ether oxygens (including phenoxy) is 2. The highest BCUT2D eigenvalue weighted by molar-refractivity contribution is 7.89. The van der Waals surface area contributed by atoms with Gasteiger partial charge in [0, 0.05) is 19.6 Å². The van der Waals surface area contributed by atoms with Crippen LogP contribution < -0.4 is 5.32 Å². The van der Waals surface area contributed by atoms with Crippen LogP contribution in [-0.2, 0) is 37.4 Å². The Labute approximate surface area is 165 Å². The summed E-state index contributed by atoms with van der Waals surface area (Å²) >= 11 is 0. The lowest BCUT2D eigenvalue weighted by molar-refractivity contribution is -0.126. The van der Waals surface area contributed by atoms with Crippen molar-refractivity contribution >= 4 is 15.9 Å². The Hall–Kier alpha value is -2.26. The number of morpholine rings is 1. The highest BCUT2D eigenvalue weighted by Gasteiger charge is 2.26. The third-order valence-electron chi connectivity index (χ3n) is 4.37. The second-order valence-corrected chi connectivity index (χ2v) is 8.35. The molecule has 0 bridgehead atoms. The number of carbonyl (C=O) groups excluding carboxylic acids is 1. The first-order chi connectivity index (χ1) is 13.6. The lowest BCUT2D eigenvalue weighted by Gasteiger charge is -2.26. The molecule has 7 nitrogen and oxygen atoms in total. The van der Waals surface area contributed by atoms with E-state index in [0.29, 0.717) is 39.5 Å². The van der Waals surface area contributed by atoms with E-state index in [-0.39, 0.29) is 17.4 Å². The quantitative estimate of drug-likeness (QED) is 0.721. The van der Waals surface area contributed by atoms with Crippen LogP contribution in [0.4, 0.5) is 0 Å². The summed E-state index contributed by atoms with van der Waals surface area (Å²) in [5, 5.41) is 2.77. The van der Waals surface area contributed by atoms with Gasteiger partial charge >= 0.3 is 0 Å². The minimum absolute atomic E-state index is 0.0294. The van der Waals surface area contributed by atoms with Crippen molar-refractivity contribution in [3.05, 3.63) is 65.7 Å². The van der Waals surface area contributed by atoms with Gasteiger partial charge in [-0.3, -0.25) is 4.79 Å². The molecular weight excluding hydrogens is 380 g/mol. The summed E-state index contributed by atoms with van der Waals surface area (Å²) in [5.74, 6) is -0.221.